The van der Waals surface area contributed by atoms with Crippen LogP contribution >= 0.6 is 24.0 Å². The van der Waals surface area contributed by atoms with Crippen LogP contribution < -0.4 is 0 Å². The Morgan fingerprint density at radius 3 is 2.70 bits per heavy atom. The molecule has 0 bridgehead atoms. The zero-order valence-electron chi connectivity index (χ0n) is 5.79. The summed E-state index contributed by atoms with van der Waals surface area (Å²) in [4.78, 5) is 2.18. The van der Waals surface area contributed by atoms with Crippen LogP contribution in [0.3, 0.4) is 0 Å². The van der Waals surface area contributed by atoms with Crippen LogP contribution in [0.2, 0.25) is 0 Å². The van der Waals surface area contributed by atoms with Crippen LogP contribution in [0.4, 0.5) is 0 Å². The lowest BCUT2D eigenvalue weighted by Gasteiger charge is -2.11. The average Bonchev–Trinajstić information content (AvgIpc) is 2.17. The summed E-state index contributed by atoms with van der Waals surface area (Å²) in [5.74, 6) is 0.673. The highest BCUT2D eigenvalue weighted by atomic mass is 35.5. The number of hydrogen-bond acceptors (Lipinski definition) is 2. The number of aliphatic hydroxyl groups is 1. The summed E-state index contributed by atoms with van der Waals surface area (Å²) in [6.45, 7) is 2.74. The molecule has 1 aliphatic rings. The van der Waals surface area contributed by atoms with Crippen molar-refractivity contribution in [1.29, 1.82) is 0 Å². The van der Waals surface area contributed by atoms with Crippen LogP contribution in [0.25, 0.3) is 0 Å². The van der Waals surface area contributed by atoms with Gasteiger partial charge < -0.3 is 5.11 Å². The van der Waals surface area contributed by atoms with Gasteiger partial charge in [-0.15, -0.1) is 24.0 Å². The minimum atomic E-state index is -0.104. The Balaban J connectivity index is 0.000000810. The van der Waals surface area contributed by atoms with Crippen molar-refractivity contribution < 1.29 is 5.11 Å². The van der Waals surface area contributed by atoms with E-state index in [1.54, 1.807) is 0 Å². The third kappa shape index (κ3) is 3.06. The number of likely N-dealkylation sites (tertiary alicyclic amines) is 1. The van der Waals surface area contributed by atoms with Gasteiger partial charge in [-0.2, -0.15) is 0 Å². The van der Waals surface area contributed by atoms with E-state index in [0.717, 1.165) is 26.1 Å². The third-order valence-corrected chi connectivity index (χ3v) is 1.82. The van der Waals surface area contributed by atoms with Gasteiger partial charge in [0.05, 0.1) is 6.10 Å². The summed E-state index contributed by atoms with van der Waals surface area (Å²) in [5, 5.41) is 9.04. The third-order valence-electron chi connectivity index (χ3n) is 1.65. The molecule has 0 aliphatic carbocycles. The molecule has 1 heterocycles. The molecular weight excluding hydrogens is 173 g/mol. The van der Waals surface area contributed by atoms with E-state index in [9.17, 15) is 0 Å². The maximum absolute atomic E-state index is 9.04. The highest BCUT2D eigenvalue weighted by Gasteiger charge is 2.18. The van der Waals surface area contributed by atoms with E-state index in [1.165, 1.54) is 0 Å². The number of rotatable bonds is 2. The number of hydrogen-bond donors (Lipinski definition) is 1. The standard InChI is InChI=1S/C6H12ClNO.ClH/c7-2-4-8-3-1-6(9)5-8;/h6,9H,1-5H2;1H/t6-;/m0./s1. The molecule has 1 aliphatic heterocycles. The zero-order chi connectivity index (χ0) is 6.69. The molecule has 0 aromatic carbocycles. The summed E-state index contributed by atoms with van der Waals surface area (Å²) in [7, 11) is 0. The molecule has 62 valence electrons. The fourth-order valence-electron chi connectivity index (χ4n) is 1.13. The van der Waals surface area contributed by atoms with E-state index in [-0.39, 0.29) is 18.5 Å². The predicted molar refractivity (Wildman–Crippen MR) is 45.0 cm³/mol. The van der Waals surface area contributed by atoms with Crippen molar-refractivity contribution in [3.63, 3.8) is 0 Å². The Morgan fingerprint density at radius 1 is 1.60 bits per heavy atom. The summed E-state index contributed by atoms with van der Waals surface area (Å²) in [5.41, 5.74) is 0. The fraction of sp³-hybridized carbons (Fsp3) is 1.00. The van der Waals surface area contributed by atoms with Gasteiger partial charge in [0.15, 0.2) is 0 Å². The summed E-state index contributed by atoms with van der Waals surface area (Å²) in [6.07, 6.45) is 0.810. The van der Waals surface area contributed by atoms with Gasteiger partial charge in [0.1, 0.15) is 0 Å². The molecule has 10 heavy (non-hydrogen) atoms. The maximum Gasteiger partial charge on any atom is 0.0679 e. The normalized spacial score (nSPS) is 26.4. The van der Waals surface area contributed by atoms with E-state index < -0.39 is 0 Å². The van der Waals surface area contributed by atoms with Crippen molar-refractivity contribution in [2.24, 2.45) is 0 Å². The lowest BCUT2D eigenvalue weighted by molar-refractivity contribution is 0.178. The summed E-state index contributed by atoms with van der Waals surface area (Å²) in [6, 6.07) is 0. The number of nitrogens with zero attached hydrogens (tertiary/aromatic N) is 1. The molecule has 0 unspecified atom stereocenters. The van der Waals surface area contributed by atoms with E-state index in [2.05, 4.69) is 4.90 Å². The topological polar surface area (TPSA) is 23.5 Å². The molecule has 1 atom stereocenters. The van der Waals surface area contributed by atoms with E-state index in [4.69, 9.17) is 16.7 Å². The number of aliphatic hydroxyl groups excluding tert-OH is 1. The Bertz CT molecular complexity index is 89.8. The highest BCUT2D eigenvalue weighted by molar-refractivity contribution is 6.18. The first-order valence-electron chi connectivity index (χ1n) is 3.29. The molecule has 0 saturated carbocycles. The Morgan fingerprint density at radius 2 is 2.30 bits per heavy atom. The van der Waals surface area contributed by atoms with Crippen LogP contribution in [0.15, 0.2) is 0 Å². The summed E-state index contributed by atoms with van der Waals surface area (Å²) >= 11 is 5.51. The highest BCUT2D eigenvalue weighted by Crippen LogP contribution is 2.07. The second kappa shape index (κ2) is 5.19. The Hall–Kier alpha value is 0.500. The SMILES string of the molecule is Cl.O[C@H]1CCN(CCCl)C1. The quantitative estimate of drug-likeness (QED) is 0.642. The molecule has 1 rings (SSSR count). The Kier molecular flexibility index (Phi) is 5.45. The van der Waals surface area contributed by atoms with E-state index in [1.807, 2.05) is 0 Å². The van der Waals surface area contributed by atoms with Crippen LogP contribution in [0.5, 0.6) is 0 Å². The van der Waals surface area contributed by atoms with Gasteiger partial charge in [-0.1, -0.05) is 0 Å². The Labute approximate surface area is 72.6 Å². The smallest absolute Gasteiger partial charge is 0.0679 e. The number of β-amino-alcohol motifs (C(OH)–C–C–N with tert-alkyl or cyclic N) is 1. The minimum Gasteiger partial charge on any atom is -0.392 e. The largest absolute Gasteiger partial charge is 0.392 e. The van der Waals surface area contributed by atoms with Gasteiger partial charge in [0.25, 0.3) is 0 Å². The number of alkyl halides is 1. The van der Waals surface area contributed by atoms with Crippen LogP contribution in [-0.2, 0) is 0 Å². The molecule has 0 spiro atoms. The monoisotopic (exact) mass is 185 g/mol. The molecular formula is C6H13Cl2NO. The van der Waals surface area contributed by atoms with E-state index >= 15 is 0 Å². The van der Waals surface area contributed by atoms with Crippen LogP contribution in [-0.4, -0.2) is 41.6 Å². The lowest BCUT2D eigenvalue weighted by Crippen LogP contribution is -2.23. The molecule has 4 heteroatoms. The average molecular weight is 186 g/mol. The van der Waals surface area contributed by atoms with Gasteiger partial charge in [0, 0.05) is 25.5 Å². The molecule has 0 aromatic heterocycles. The van der Waals surface area contributed by atoms with Crippen molar-refractivity contribution >= 4 is 24.0 Å². The molecule has 2 nitrogen and oxygen atoms in total. The van der Waals surface area contributed by atoms with Gasteiger partial charge in [-0.05, 0) is 6.42 Å². The zero-order valence-corrected chi connectivity index (χ0v) is 7.37. The summed E-state index contributed by atoms with van der Waals surface area (Å²) < 4.78 is 0. The molecule has 0 amide bonds. The predicted octanol–water partition coefficient (Wildman–Crippen LogP) is 0.714. The molecule has 0 aromatic rings. The maximum atomic E-state index is 9.04. The van der Waals surface area contributed by atoms with Crippen molar-refractivity contribution in [2.75, 3.05) is 25.5 Å². The molecule has 1 fully saturated rings. The second-order valence-corrected chi connectivity index (χ2v) is 2.81. The van der Waals surface area contributed by atoms with Gasteiger partial charge in [-0.25, -0.2) is 0 Å². The van der Waals surface area contributed by atoms with Crippen molar-refractivity contribution in [3.8, 4) is 0 Å². The molecule has 0 radical (unpaired) electrons. The first-order chi connectivity index (χ1) is 4.33. The van der Waals surface area contributed by atoms with Crippen molar-refractivity contribution in [2.45, 2.75) is 12.5 Å². The van der Waals surface area contributed by atoms with Gasteiger partial charge >= 0.3 is 0 Å². The van der Waals surface area contributed by atoms with E-state index in [0.29, 0.717) is 5.88 Å². The number of halogens is 2. The van der Waals surface area contributed by atoms with Gasteiger partial charge in [-0.3, -0.25) is 4.90 Å². The van der Waals surface area contributed by atoms with Crippen LogP contribution in [0, 0.1) is 0 Å². The minimum absolute atomic E-state index is 0. The second-order valence-electron chi connectivity index (χ2n) is 2.43. The van der Waals surface area contributed by atoms with Crippen molar-refractivity contribution in [3.05, 3.63) is 0 Å². The van der Waals surface area contributed by atoms with Crippen molar-refractivity contribution in [1.82, 2.24) is 4.90 Å². The molecule has 1 saturated heterocycles. The first kappa shape index (κ1) is 10.5. The molecule has 1 N–H and O–H groups in total. The fourth-order valence-corrected chi connectivity index (χ4v) is 1.37. The first-order valence-corrected chi connectivity index (χ1v) is 3.83. The van der Waals surface area contributed by atoms with Gasteiger partial charge in [0.2, 0.25) is 0 Å². The van der Waals surface area contributed by atoms with Crippen LogP contribution in [0.1, 0.15) is 6.42 Å². The lowest BCUT2D eigenvalue weighted by atomic mass is 10.3.